The van der Waals surface area contributed by atoms with Gasteiger partial charge in [-0.25, -0.2) is 0 Å². The van der Waals surface area contributed by atoms with E-state index in [1.165, 1.54) is 0 Å². The van der Waals surface area contributed by atoms with Gasteiger partial charge in [0.25, 0.3) is 5.91 Å². The normalized spacial score (nSPS) is 22.8. The SMILES string of the molecule is CC(C)c1nc([C@@H]2CCCN(C(=O)[C@@H]3Cc4ccccc4O3)C2)no1. The molecule has 4 rings (SSSR count). The molecule has 0 radical (unpaired) electrons. The summed E-state index contributed by atoms with van der Waals surface area (Å²) in [6.45, 7) is 5.46. The molecule has 0 N–H and O–H groups in total. The number of ether oxygens (including phenoxy) is 1. The van der Waals surface area contributed by atoms with E-state index in [1.807, 2.05) is 43.0 Å². The van der Waals surface area contributed by atoms with E-state index in [1.54, 1.807) is 0 Å². The Bertz CT molecular complexity index is 746. The molecule has 1 saturated heterocycles. The van der Waals surface area contributed by atoms with Crippen LogP contribution >= 0.6 is 0 Å². The molecule has 2 atom stereocenters. The molecular formula is C19H23N3O3. The summed E-state index contributed by atoms with van der Waals surface area (Å²) >= 11 is 0. The average Bonchev–Trinajstić information content (AvgIpc) is 3.28. The summed E-state index contributed by atoms with van der Waals surface area (Å²) < 4.78 is 11.2. The van der Waals surface area contributed by atoms with Gasteiger partial charge in [-0.3, -0.25) is 4.79 Å². The molecule has 0 unspecified atom stereocenters. The number of carbonyl (C=O) groups excluding carboxylic acids is 1. The second kappa shape index (κ2) is 6.50. The predicted molar refractivity (Wildman–Crippen MR) is 91.5 cm³/mol. The Labute approximate surface area is 147 Å². The van der Waals surface area contributed by atoms with Crippen molar-refractivity contribution in [3.05, 3.63) is 41.5 Å². The van der Waals surface area contributed by atoms with Crippen LogP contribution in [0.1, 0.15) is 55.8 Å². The molecule has 6 nitrogen and oxygen atoms in total. The number of piperidine rings is 1. The van der Waals surface area contributed by atoms with Crippen LogP contribution in [0, 0.1) is 0 Å². The van der Waals surface area contributed by atoms with Gasteiger partial charge in [0.05, 0.1) is 0 Å². The molecule has 2 aliphatic heterocycles. The molecule has 132 valence electrons. The first kappa shape index (κ1) is 16.1. The minimum Gasteiger partial charge on any atom is -0.480 e. The lowest BCUT2D eigenvalue weighted by Gasteiger charge is -2.32. The van der Waals surface area contributed by atoms with Crippen molar-refractivity contribution in [1.29, 1.82) is 0 Å². The van der Waals surface area contributed by atoms with Crippen molar-refractivity contribution in [1.82, 2.24) is 15.0 Å². The predicted octanol–water partition coefficient (Wildman–Crippen LogP) is 2.90. The van der Waals surface area contributed by atoms with Gasteiger partial charge in [-0.15, -0.1) is 0 Å². The summed E-state index contributed by atoms with van der Waals surface area (Å²) in [4.78, 5) is 19.3. The summed E-state index contributed by atoms with van der Waals surface area (Å²) in [7, 11) is 0. The number of carbonyl (C=O) groups is 1. The molecule has 0 aliphatic carbocycles. The molecule has 1 aromatic heterocycles. The van der Waals surface area contributed by atoms with E-state index in [0.717, 1.165) is 36.5 Å². The van der Waals surface area contributed by atoms with Crippen LogP contribution in [-0.2, 0) is 11.2 Å². The standard InChI is InChI=1S/C19H23N3O3/c1-12(2)18-20-17(21-25-18)14-7-5-9-22(11-14)19(23)16-10-13-6-3-4-8-15(13)24-16/h3-4,6,8,12,14,16H,5,7,9-11H2,1-2H3/t14-,16+/m1/s1. The number of hydrogen-bond donors (Lipinski definition) is 0. The number of rotatable bonds is 3. The van der Waals surface area contributed by atoms with Crippen LogP contribution in [0.15, 0.2) is 28.8 Å². The van der Waals surface area contributed by atoms with Gasteiger partial charge in [-0.1, -0.05) is 37.2 Å². The highest BCUT2D eigenvalue weighted by Crippen LogP contribution is 2.31. The van der Waals surface area contributed by atoms with Gasteiger partial charge in [0.2, 0.25) is 5.89 Å². The lowest BCUT2D eigenvalue weighted by molar-refractivity contribution is -0.139. The lowest BCUT2D eigenvalue weighted by Crippen LogP contribution is -2.46. The average molecular weight is 341 g/mol. The molecule has 2 aromatic rings. The minimum absolute atomic E-state index is 0.0634. The number of aromatic nitrogens is 2. The maximum Gasteiger partial charge on any atom is 0.264 e. The molecule has 25 heavy (non-hydrogen) atoms. The van der Waals surface area contributed by atoms with E-state index in [4.69, 9.17) is 9.26 Å². The van der Waals surface area contributed by atoms with Gasteiger partial charge in [0.1, 0.15) is 5.75 Å². The quantitative estimate of drug-likeness (QED) is 0.858. The molecule has 0 bridgehead atoms. The molecule has 0 saturated carbocycles. The fourth-order valence-electron chi connectivity index (χ4n) is 3.56. The van der Waals surface area contributed by atoms with Gasteiger partial charge in [-0.2, -0.15) is 4.98 Å². The van der Waals surface area contributed by atoms with Crippen molar-refractivity contribution in [2.24, 2.45) is 0 Å². The Kier molecular flexibility index (Phi) is 4.19. The summed E-state index contributed by atoms with van der Waals surface area (Å²) in [5.41, 5.74) is 1.11. The van der Waals surface area contributed by atoms with Gasteiger partial charge in [-0.05, 0) is 24.5 Å². The van der Waals surface area contributed by atoms with Crippen LogP contribution in [0.2, 0.25) is 0 Å². The molecule has 3 heterocycles. The first-order valence-corrected chi connectivity index (χ1v) is 8.98. The number of benzene rings is 1. The van der Waals surface area contributed by atoms with Crippen molar-refractivity contribution >= 4 is 5.91 Å². The van der Waals surface area contributed by atoms with E-state index in [-0.39, 0.29) is 17.7 Å². The van der Waals surface area contributed by atoms with Crippen molar-refractivity contribution in [2.45, 2.75) is 51.0 Å². The van der Waals surface area contributed by atoms with Crippen LogP contribution in [-0.4, -0.2) is 40.1 Å². The number of hydrogen-bond acceptors (Lipinski definition) is 5. The topological polar surface area (TPSA) is 68.5 Å². The van der Waals surface area contributed by atoms with Gasteiger partial charge < -0.3 is 14.2 Å². The Balaban J connectivity index is 1.43. The molecular weight excluding hydrogens is 318 g/mol. The van der Waals surface area contributed by atoms with Gasteiger partial charge in [0.15, 0.2) is 11.9 Å². The van der Waals surface area contributed by atoms with Crippen molar-refractivity contribution in [2.75, 3.05) is 13.1 Å². The maximum absolute atomic E-state index is 12.9. The molecule has 1 fully saturated rings. The highest BCUT2D eigenvalue weighted by atomic mass is 16.5. The van der Waals surface area contributed by atoms with Gasteiger partial charge in [0, 0.05) is 31.3 Å². The highest BCUT2D eigenvalue weighted by molar-refractivity contribution is 5.82. The Hall–Kier alpha value is -2.37. The zero-order valence-corrected chi connectivity index (χ0v) is 14.6. The van der Waals surface area contributed by atoms with E-state index < -0.39 is 6.10 Å². The highest BCUT2D eigenvalue weighted by Gasteiger charge is 2.35. The molecule has 2 aliphatic rings. The fraction of sp³-hybridized carbons (Fsp3) is 0.526. The summed E-state index contributed by atoms with van der Waals surface area (Å²) in [6, 6.07) is 7.86. The molecule has 1 amide bonds. The fourth-order valence-corrected chi connectivity index (χ4v) is 3.56. The number of likely N-dealkylation sites (tertiary alicyclic amines) is 1. The molecule has 6 heteroatoms. The third-order valence-corrected chi connectivity index (χ3v) is 4.97. The monoisotopic (exact) mass is 341 g/mol. The van der Waals surface area contributed by atoms with Crippen molar-refractivity contribution in [3.8, 4) is 5.75 Å². The summed E-state index contributed by atoms with van der Waals surface area (Å²) in [6.07, 6.45) is 2.16. The number of nitrogens with zero attached hydrogens (tertiary/aromatic N) is 3. The number of fused-ring (bicyclic) bond motifs is 1. The van der Waals surface area contributed by atoms with Crippen LogP contribution in [0.5, 0.6) is 5.75 Å². The van der Waals surface area contributed by atoms with Crippen molar-refractivity contribution in [3.63, 3.8) is 0 Å². The number of amides is 1. The minimum atomic E-state index is -0.410. The second-order valence-electron chi connectivity index (χ2n) is 7.19. The van der Waals surface area contributed by atoms with E-state index in [2.05, 4.69) is 10.1 Å². The van der Waals surface area contributed by atoms with Crippen LogP contribution in [0.25, 0.3) is 0 Å². The Morgan fingerprint density at radius 2 is 2.16 bits per heavy atom. The zero-order chi connectivity index (χ0) is 17.4. The van der Waals surface area contributed by atoms with Gasteiger partial charge >= 0.3 is 0 Å². The third kappa shape index (κ3) is 3.13. The van der Waals surface area contributed by atoms with Crippen LogP contribution in [0.4, 0.5) is 0 Å². The van der Waals surface area contributed by atoms with E-state index in [0.29, 0.717) is 18.9 Å². The Morgan fingerprint density at radius 1 is 1.32 bits per heavy atom. The second-order valence-corrected chi connectivity index (χ2v) is 7.19. The van der Waals surface area contributed by atoms with Crippen molar-refractivity contribution < 1.29 is 14.1 Å². The van der Waals surface area contributed by atoms with Crippen LogP contribution in [0.3, 0.4) is 0 Å². The molecule has 1 aromatic carbocycles. The molecule has 0 spiro atoms. The summed E-state index contributed by atoms with van der Waals surface area (Å²) in [5, 5.41) is 4.13. The lowest BCUT2D eigenvalue weighted by atomic mass is 9.96. The smallest absolute Gasteiger partial charge is 0.264 e. The van der Waals surface area contributed by atoms with E-state index in [9.17, 15) is 4.79 Å². The first-order chi connectivity index (χ1) is 12.1. The third-order valence-electron chi connectivity index (χ3n) is 4.97. The Morgan fingerprint density at radius 3 is 2.92 bits per heavy atom. The number of para-hydroxylation sites is 1. The summed E-state index contributed by atoms with van der Waals surface area (Å²) in [5.74, 6) is 2.62. The first-order valence-electron chi connectivity index (χ1n) is 8.98. The maximum atomic E-state index is 12.9. The zero-order valence-electron chi connectivity index (χ0n) is 14.6. The van der Waals surface area contributed by atoms with Crippen LogP contribution < -0.4 is 4.74 Å². The van der Waals surface area contributed by atoms with E-state index >= 15 is 0 Å². The largest absolute Gasteiger partial charge is 0.480 e.